The lowest BCUT2D eigenvalue weighted by Gasteiger charge is -2.08. The van der Waals surface area contributed by atoms with Gasteiger partial charge in [0.15, 0.2) is 0 Å². The van der Waals surface area contributed by atoms with E-state index in [-0.39, 0.29) is 6.42 Å². The minimum absolute atomic E-state index is 0.220. The van der Waals surface area contributed by atoms with Gasteiger partial charge in [0.2, 0.25) is 5.91 Å². The predicted octanol–water partition coefficient (Wildman–Crippen LogP) is 1.63. The summed E-state index contributed by atoms with van der Waals surface area (Å²) >= 11 is 0. The molecular formula is C12H12N2O3. The number of carbonyl (C=O) groups excluding carboxylic acids is 2. The molecule has 1 rings (SSSR count). The van der Waals surface area contributed by atoms with Crippen LogP contribution in [0.25, 0.3) is 0 Å². The fourth-order valence-corrected chi connectivity index (χ4v) is 1.27. The highest BCUT2D eigenvalue weighted by Crippen LogP contribution is 2.17. The van der Waals surface area contributed by atoms with Crippen molar-refractivity contribution in [3.8, 4) is 6.07 Å². The number of carbonyl (C=O) groups is 2. The average molecular weight is 232 g/mol. The van der Waals surface area contributed by atoms with E-state index in [1.165, 1.54) is 13.2 Å². The summed E-state index contributed by atoms with van der Waals surface area (Å²) < 4.78 is 4.58. The first-order valence-corrected chi connectivity index (χ1v) is 4.94. The van der Waals surface area contributed by atoms with E-state index in [1.54, 1.807) is 25.1 Å². The molecule has 0 aromatic heterocycles. The number of benzene rings is 1. The maximum absolute atomic E-state index is 11.3. The molecule has 0 saturated heterocycles. The second-order valence-electron chi connectivity index (χ2n) is 3.40. The van der Waals surface area contributed by atoms with Gasteiger partial charge in [-0.3, -0.25) is 4.79 Å². The van der Waals surface area contributed by atoms with Crippen LogP contribution in [0.2, 0.25) is 0 Å². The van der Waals surface area contributed by atoms with Gasteiger partial charge >= 0.3 is 5.97 Å². The van der Waals surface area contributed by atoms with Gasteiger partial charge in [-0.1, -0.05) is 6.07 Å². The van der Waals surface area contributed by atoms with Gasteiger partial charge in [-0.2, -0.15) is 5.26 Å². The fraction of sp³-hybridized carbons (Fsp3) is 0.250. The van der Waals surface area contributed by atoms with Gasteiger partial charge in [0.1, 0.15) is 6.42 Å². The lowest BCUT2D eigenvalue weighted by Crippen LogP contribution is -2.12. The fourth-order valence-electron chi connectivity index (χ4n) is 1.27. The molecule has 0 radical (unpaired) electrons. The summed E-state index contributed by atoms with van der Waals surface area (Å²) in [5.74, 6) is -0.876. The molecular weight excluding hydrogens is 220 g/mol. The maximum atomic E-state index is 11.3. The molecule has 5 nitrogen and oxygen atoms in total. The normalized spacial score (nSPS) is 9.24. The van der Waals surface area contributed by atoms with E-state index in [0.717, 1.165) is 5.56 Å². The van der Waals surface area contributed by atoms with Gasteiger partial charge in [-0.25, -0.2) is 4.79 Å². The van der Waals surface area contributed by atoms with Crippen LogP contribution in [0.3, 0.4) is 0 Å². The zero-order valence-corrected chi connectivity index (χ0v) is 9.61. The van der Waals surface area contributed by atoms with Gasteiger partial charge < -0.3 is 10.1 Å². The van der Waals surface area contributed by atoms with Crippen LogP contribution in [-0.4, -0.2) is 19.0 Å². The quantitative estimate of drug-likeness (QED) is 0.803. The molecule has 0 bridgehead atoms. The Balaban J connectivity index is 2.95. The number of nitrogens with one attached hydrogen (secondary N) is 1. The third-order valence-corrected chi connectivity index (χ3v) is 2.17. The minimum atomic E-state index is -0.471. The van der Waals surface area contributed by atoms with Gasteiger partial charge in [0.25, 0.3) is 0 Å². The summed E-state index contributed by atoms with van der Waals surface area (Å²) in [6, 6.07) is 6.59. The summed E-state index contributed by atoms with van der Waals surface area (Å²) in [7, 11) is 1.29. The van der Waals surface area contributed by atoms with Crippen LogP contribution >= 0.6 is 0 Å². The molecule has 0 aliphatic heterocycles. The molecule has 1 aromatic rings. The molecule has 0 unspecified atom stereocenters. The highest BCUT2D eigenvalue weighted by Gasteiger charge is 2.09. The summed E-state index contributed by atoms with van der Waals surface area (Å²) in [5, 5.41) is 10.9. The first-order valence-electron chi connectivity index (χ1n) is 4.94. The summed E-state index contributed by atoms with van der Waals surface area (Å²) in [5.41, 5.74) is 1.67. The van der Waals surface area contributed by atoms with E-state index in [2.05, 4.69) is 10.1 Å². The molecule has 0 aliphatic carbocycles. The first kappa shape index (κ1) is 12.7. The lowest BCUT2D eigenvalue weighted by atomic mass is 10.1. The van der Waals surface area contributed by atoms with Crippen molar-refractivity contribution in [3.05, 3.63) is 29.3 Å². The van der Waals surface area contributed by atoms with E-state index in [0.29, 0.717) is 11.3 Å². The Labute approximate surface area is 99.0 Å². The van der Waals surface area contributed by atoms with E-state index in [4.69, 9.17) is 5.26 Å². The second-order valence-corrected chi connectivity index (χ2v) is 3.40. The highest BCUT2D eigenvalue weighted by atomic mass is 16.5. The molecule has 88 valence electrons. The van der Waals surface area contributed by atoms with Crippen LogP contribution in [0.4, 0.5) is 5.69 Å². The van der Waals surface area contributed by atoms with Crippen molar-refractivity contribution in [1.82, 2.24) is 0 Å². The van der Waals surface area contributed by atoms with Gasteiger partial charge in [0.05, 0.1) is 18.7 Å². The van der Waals surface area contributed by atoms with Crippen LogP contribution in [0.15, 0.2) is 18.2 Å². The number of amides is 1. The molecule has 1 aromatic carbocycles. The predicted molar refractivity (Wildman–Crippen MR) is 61.4 cm³/mol. The summed E-state index contributed by atoms with van der Waals surface area (Å²) in [6.45, 7) is 1.79. The van der Waals surface area contributed by atoms with Crippen LogP contribution in [0.1, 0.15) is 22.3 Å². The number of hydrogen-bond acceptors (Lipinski definition) is 4. The Morgan fingerprint density at radius 1 is 1.47 bits per heavy atom. The van der Waals surface area contributed by atoms with Gasteiger partial charge in [-0.05, 0) is 24.6 Å². The Hall–Kier alpha value is -2.35. The molecule has 17 heavy (non-hydrogen) atoms. The number of ether oxygens (including phenoxy) is 1. The summed E-state index contributed by atoms with van der Waals surface area (Å²) in [6.07, 6.45) is -0.220. The number of rotatable bonds is 3. The molecule has 1 N–H and O–H groups in total. The summed E-state index contributed by atoms with van der Waals surface area (Å²) in [4.78, 5) is 22.6. The van der Waals surface area contributed by atoms with E-state index < -0.39 is 11.9 Å². The number of aryl methyl sites for hydroxylation is 1. The minimum Gasteiger partial charge on any atom is -0.465 e. The van der Waals surface area contributed by atoms with Crippen molar-refractivity contribution in [3.63, 3.8) is 0 Å². The van der Waals surface area contributed by atoms with E-state index >= 15 is 0 Å². The molecule has 0 heterocycles. The van der Waals surface area contributed by atoms with Crippen molar-refractivity contribution in [2.45, 2.75) is 13.3 Å². The SMILES string of the molecule is COC(=O)c1ccc(C)c(NC(=O)CC#N)c1. The molecule has 0 fully saturated rings. The van der Waals surface area contributed by atoms with E-state index in [9.17, 15) is 9.59 Å². The van der Waals surface area contributed by atoms with Crippen molar-refractivity contribution in [2.75, 3.05) is 12.4 Å². The zero-order valence-electron chi connectivity index (χ0n) is 9.61. The third-order valence-electron chi connectivity index (χ3n) is 2.17. The number of nitriles is 1. The van der Waals surface area contributed by atoms with Crippen molar-refractivity contribution < 1.29 is 14.3 Å². The van der Waals surface area contributed by atoms with Crippen LogP contribution < -0.4 is 5.32 Å². The smallest absolute Gasteiger partial charge is 0.337 e. The van der Waals surface area contributed by atoms with Crippen molar-refractivity contribution >= 4 is 17.6 Å². The van der Waals surface area contributed by atoms with Gasteiger partial charge in [0, 0.05) is 5.69 Å². The number of anilines is 1. The molecule has 0 atom stereocenters. The second kappa shape index (κ2) is 5.66. The van der Waals surface area contributed by atoms with Crippen LogP contribution in [0.5, 0.6) is 0 Å². The Morgan fingerprint density at radius 3 is 2.76 bits per heavy atom. The molecule has 0 aliphatic rings. The highest BCUT2D eigenvalue weighted by molar-refractivity contribution is 5.95. The van der Waals surface area contributed by atoms with E-state index in [1.807, 2.05) is 0 Å². The van der Waals surface area contributed by atoms with Crippen molar-refractivity contribution in [1.29, 1.82) is 5.26 Å². The number of esters is 1. The molecule has 1 amide bonds. The Bertz CT molecular complexity index is 489. The topological polar surface area (TPSA) is 79.2 Å². The van der Waals surface area contributed by atoms with Gasteiger partial charge in [-0.15, -0.1) is 0 Å². The monoisotopic (exact) mass is 232 g/mol. The third kappa shape index (κ3) is 3.31. The largest absolute Gasteiger partial charge is 0.465 e. The standard InChI is InChI=1S/C12H12N2O3/c1-8-3-4-9(12(16)17-2)7-10(8)14-11(15)5-6-13/h3-4,7H,5H2,1-2H3,(H,14,15). The Morgan fingerprint density at radius 2 is 2.18 bits per heavy atom. The average Bonchev–Trinajstić information content (AvgIpc) is 2.31. The van der Waals surface area contributed by atoms with Crippen molar-refractivity contribution in [2.24, 2.45) is 0 Å². The molecule has 5 heteroatoms. The Kier molecular flexibility index (Phi) is 4.23. The number of nitrogens with zero attached hydrogens (tertiary/aromatic N) is 1. The number of hydrogen-bond donors (Lipinski definition) is 1. The van der Waals surface area contributed by atoms with Crippen LogP contribution in [-0.2, 0) is 9.53 Å². The number of methoxy groups -OCH3 is 1. The van der Waals surface area contributed by atoms with Crippen LogP contribution in [0, 0.1) is 18.3 Å². The molecule has 0 saturated carbocycles. The molecule has 0 spiro atoms. The first-order chi connectivity index (χ1) is 8.08. The maximum Gasteiger partial charge on any atom is 0.337 e. The zero-order chi connectivity index (χ0) is 12.8. The lowest BCUT2D eigenvalue weighted by molar-refractivity contribution is -0.115.